The van der Waals surface area contributed by atoms with Crippen LogP contribution in [0.5, 0.6) is 5.75 Å². The number of carbonyl (C=O) groups excluding carboxylic acids is 1. The Hall–Kier alpha value is -2.86. The highest BCUT2D eigenvalue weighted by atomic mass is 16.5. The summed E-state index contributed by atoms with van der Waals surface area (Å²) in [5, 5.41) is 2.88. The Morgan fingerprint density at radius 2 is 2.14 bits per heavy atom. The van der Waals surface area contributed by atoms with E-state index in [0.29, 0.717) is 11.4 Å². The molecule has 6 nitrogen and oxygen atoms in total. The summed E-state index contributed by atoms with van der Waals surface area (Å²) in [4.78, 5) is 20.2. The average Bonchev–Trinajstić information content (AvgIpc) is 3.35. The highest BCUT2D eigenvalue weighted by Gasteiger charge is 2.21. The van der Waals surface area contributed by atoms with Crippen LogP contribution < -0.4 is 10.1 Å². The lowest BCUT2D eigenvalue weighted by Gasteiger charge is -2.19. The lowest BCUT2D eigenvalue weighted by atomic mass is 9.87. The first kappa shape index (κ1) is 19.5. The molecule has 1 amide bonds. The van der Waals surface area contributed by atoms with Gasteiger partial charge in [-0.15, -0.1) is 0 Å². The zero-order valence-electron chi connectivity index (χ0n) is 17.1. The van der Waals surface area contributed by atoms with E-state index in [1.54, 1.807) is 0 Å². The maximum absolute atomic E-state index is 12.3. The minimum atomic E-state index is -0.204. The quantitative estimate of drug-likeness (QED) is 0.657. The standard InChI is InChI=1S/C23H27N3O3/c1-23(2,3)15-6-4-7-17(12-15)29-14-21(27)24-16-9-10-18-19(13-16)26-22(25-18)20-8-5-11-28-20/h4,6-7,9-10,12-13,20H,5,8,11,14H2,1-3H3,(H,24,27)(H,25,26). The third-order valence-electron chi connectivity index (χ3n) is 5.09. The first-order valence-corrected chi connectivity index (χ1v) is 10.0. The molecule has 1 aromatic heterocycles. The third kappa shape index (κ3) is 4.59. The van der Waals surface area contributed by atoms with Crippen molar-refractivity contribution in [3.8, 4) is 5.75 Å². The number of nitrogens with one attached hydrogen (secondary N) is 2. The van der Waals surface area contributed by atoms with Crippen molar-refractivity contribution in [3.05, 3.63) is 53.9 Å². The summed E-state index contributed by atoms with van der Waals surface area (Å²) in [6.07, 6.45) is 2.08. The summed E-state index contributed by atoms with van der Waals surface area (Å²) < 4.78 is 11.4. The molecule has 0 radical (unpaired) electrons. The van der Waals surface area contributed by atoms with E-state index in [1.807, 2.05) is 36.4 Å². The normalized spacial score (nSPS) is 16.9. The topological polar surface area (TPSA) is 76.2 Å². The summed E-state index contributed by atoms with van der Waals surface area (Å²) in [5.74, 6) is 1.34. The predicted octanol–water partition coefficient (Wildman–Crippen LogP) is 4.73. The Bertz CT molecular complexity index is 1010. The fourth-order valence-corrected chi connectivity index (χ4v) is 3.45. The Morgan fingerprint density at radius 1 is 1.28 bits per heavy atom. The van der Waals surface area contributed by atoms with Gasteiger partial charge in [0.15, 0.2) is 6.61 Å². The van der Waals surface area contributed by atoms with Crippen LogP contribution in [-0.2, 0) is 14.9 Å². The van der Waals surface area contributed by atoms with Crippen molar-refractivity contribution in [2.75, 3.05) is 18.5 Å². The van der Waals surface area contributed by atoms with Crippen molar-refractivity contribution in [1.82, 2.24) is 9.97 Å². The Kier molecular flexibility index (Phi) is 5.28. The number of hydrogen-bond donors (Lipinski definition) is 2. The second-order valence-corrected chi connectivity index (χ2v) is 8.47. The van der Waals surface area contributed by atoms with Gasteiger partial charge in [-0.3, -0.25) is 4.79 Å². The summed E-state index contributed by atoms with van der Waals surface area (Å²) >= 11 is 0. The monoisotopic (exact) mass is 393 g/mol. The number of anilines is 1. The first-order chi connectivity index (χ1) is 13.9. The molecule has 1 aliphatic rings. The lowest BCUT2D eigenvalue weighted by Crippen LogP contribution is -2.20. The molecule has 0 saturated carbocycles. The zero-order chi connectivity index (χ0) is 20.4. The van der Waals surface area contributed by atoms with Crippen molar-refractivity contribution < 1.29 is 14.3 Å². The predicted molar refractivity (Wildman–Crippen MR) is 113 cm³/mol. The van der Waals surface area contributed by atoms with Gasteiger partial charge in [-0.05, 0) is 54.2 Å². The second-order valence-electron chi connectivity index (χ2n) is 8.47. The molecule has 1 aliphatic heterocycles. The molecule has 2 aromatic carbocycles. The zero-order valence-corrected chi connectivity index (χ0v) is 17.1. The molecular weight excluding hydrogens is 366 g/mol. The number of imidazole rings is 1. The van der Waals surface area contributed by atoms with Crippen molar-refractivity contribution >= 4 is 22.6 Å². The van der Waals surface area contributed by atoms with Crippen molar-refractivity contribution in [2.24, 2.45) is 0 Å². The number of aromatic nitrogens is 2. The maximum Gasteiger partial charge on any atom is 0.262 e. The maximum atomic E-state index is 12.3. The molecule has 2 N–H and O–H groups in total. The van der Waals surface area contributed by atoms with Crippen LogP contribution in [0.4, 0.5) is 5.69 Å². The number of hydrogen-bond acceptors (Lipinski definition) is 4. The molecular formula is C23H27N3O3. The molecule has 0 bridgehead atoms. The van der Waals surface area contributed by atoms with Gasteiger partial charge < -0.3 is 19.8 Å². The molecule has 1 saturated heterocycles. The van der Waals surface area contributed by atoms with E-state index in [-0.39, 0.29) is 24.0 Å². The number of benzene rings is 2. The number of H-pyrrole nitrogens is 1. The number of ether oxygens (including phenoxy) is 2. The van der Waals surface area contributed by atoms with Crippen LogP contribution in [0.2, 0.25) is 0 Å². The van der Waals surface area contributed by atoms with Crippen LogP contribution in [0, 0.1) is 0 Å². The number of amides is 1. The fourth-order valence-electron chi connectivity index (χ4n) is 3.45. The summed E-state index contributed by atoms with van der Waals surface area (Å²) in [6, 6.07) is 13.5. The van der Waals surface area contributed by atoms with Crippen LogP contribution in [-0.4, -0.2) is 29.1 Å². The minimum absolute atomic E-state index is 0.0313. The van der Waals surface area contributed by atoms with Gasteiger partial charge in [0, 0.05) is 12.3 Å². The molecule has 1 unspecified atom stereocenters. The number of carbonyl (C=O) groups is 1. The van der Waals surface area contributed by atoms with E-state index >= 15 is 0 Å². The molecule has 1 atom stereocenters. The smallest absolute Gasteiger partial charge is 0.262 e. The van der Waals surface area contributed by atoms with Gasteiger partial charge in [-0.25, -0.2) is 4.98 Å². The van der Waals surface area contributed by atoms with E-state index in [4.69, 9.17) is 9.47 Å². The van der Waals surface area contributed by atoms with Gasteiger partial charge in [-0.2, -0.15) is 0 Å². The summed E-state index contributed by atoms with van der Waals surface area (Å²) in [5.41, 5.74) is 3.65. The molecule has 6 heteroatoms. The second kappa shape index (κ2) is 7.87. The number of aromatic amines is 1. The van der Waals surface area contributed by atoms with Gasteiger partial charge >= 0.3 is 0 Å². The van der Waals surface area contributed by atoms with E-state index in [1.165, 1.54) is 5.56 Å². The van der Waals surface area contributed by atoms with Gasteiger partial charge in [-0.1, -0.05) is 32.9 Å². The Balaban J connectivity index is 1.38. The van der Waals surface area contributed by atoms with Crippen LogP contribution in [0.15, 0.2) is 42.5 Å². The Morgan fingerprint density at radius 3 is 2.90 bits per heavy atom. The molecule has 3 aromatic rings. The highest BCUT2D eigenvalue weighted by Crippen LogP contribution is 2.29. The number of nitrogens with zero attached hydrogens (tertiary/aromatic N) is 1. The van der Waals surface area contributed by atoms with Gasteiger partial charge in [0.05, 0.1) is 11.0 Å². The van der Waals surface area contributed by atoms with E-state index < -0.39 is 0 Å². The third-order valence-corrected chi connectivity index (χ3v) is 5.09. The number of rotatable bonds is 5. The van der Waals surface area contributed by atoms with E-state index in [0.717, 1.165) is 36.3 Å². The SMILES string of the molecule is CC(C)(C)c1cccc(OCC(=O)Nc2ccc3nc(C4CCCO4)[nH]c3c2)c1. The first-order valence-electron chi connectivity index (χ1n) is 10.0. The van der Waals surface area contributed by atoms with Gasteiger partial charge in [0.1, 0.15) is 17.7 Å². The van der Waals surface area contributed by atoms with Crippen molar-refractivity contribution in [1.29, 1.82) is 0 Å². The molecule has 29 heavy (non-hydrogen) atoms. The van der Waals surface area contributed by atoms with Gasteiger partial charge in [0.2, 0.25) is 0 Å². The average molecular weight is 393 g/mol. The molecule has 1 fully saturated rings. The summed E-state index contributed by atoms with van der Waals surface area (Å²) in [6.45, 7) is 7.18. The van der Waals surface area contributed by atoms with Crippen LogP contribution in [0.3, 0.4) is 0 Å². The summed E-state index contributed by atoms with van der Waals surface area (Å²) in [7, 11) is 0. The van der Waals surface area contributed by atoms with Crippen molar-refractivity contribution in [2.45, 2.75) is 45.1 Å². The van der Waals surface area contributed by atoms with Gasteiger partial charge in [0.25, 0.3) is 5.91 Å². The lowest BCUT2D eigenvalue weighted by molar-refractivity contribution is -0.118. The number of fused-ring (bicyclic) bond motifs is 1. The largest absolute Gasteiger partial charge is 0.484 e. The van der Waals surface area contributed by atoms with E-state index in [2.05, 4.69) is 42.1 Å². The molecule has 2 heterocycles. The highest BCUT2D eigenvalue weighted by molar-refractivity contribution is 5.94. The minimum Gasteiger partial charge on any atom is -0.484 e. The molecule has 4 rings (SSSR count). The van der Waals surface area contributed by atoms with Crippen molar-refractivity contribution in [3.63, 3.8) is 0 Å². The van der Waals surface area contributed by atoms with Crippen LogP contribution in [0.25, 0.3) is 11.0 Å². The van der Waals surface area contributed by atoms with Crippen LogP contribution in [0.1, 0.15) is 51.1 Å². The molecule has 152 valence electrons. The fraction of sp³-hybridized carbons (Fsp3) is 0.391. The van der Waals surface area contributed by atoms with Crippen LogP contribution >= 0.6 is 0 Å². The molecule has 0 spiro atoms. The molecule has 0 aliphatic carbocycles. The van der Waals surface area contributed by atoms with E-state index in [9.17, 15) is 4.79 Å². The Labute approximate surface area is 170 Å².